The van der Waals surface area contributed by atoms with Crippen molar-refractivity contribution in [1.29, 1.82) is 5.26 Å². The van der Waals surface area contributed by atoms with E-state index in [1.54, 1.807) is 12.4 Å². The zero-order valence-corrected chi connectivity index (χ0v) is 43.9. The fourth-order valence-electron chi connectivity index (χ4n) is 12.6. The molecule has 7 aliphatic rings. The minimum Gasteiger partial charge on any atom is -0.489 e. The highest BCUT2D eigenvalue weighted by molar-refractivity contribution is 8.00. The molecule has 1 aromatic heterocycles. The summed E-state index contributed by atoms with van der Waals surface area (Å²) in [7, 11) is 0. The summed E-state index contributed by atoms with van der Waals surface area (Å²) in [5, 5.41) is 26.4. The molecule has 1 amide bonds. The molecule has 6 unspecified atom stereocenters. The first kappa shape index (κ1) is 50.2. The molecule has 2 N–H and O–H groups in total. The maximum absolute atomic E-state index is 13.7. The van der Waals surface area contributed by atoms with Crippen LogP contribution in [0.3, 0.4) is 0 Å². The molecule has 10 rings (SSSR count). The molecule has 1 saturated carbocycles. The Morgan fingerprint density at radius 3 is 2.49 bits per heavy atom. The third-order valence-electron chi connectivity index (χ3n) is 16.2. The van der Waals surface area contributed by atoms with Gasteiger partial charge in [0.2, 0.25) is 5.95 Å². The zero-order valence-electron chi connectivity index (χ0n) is 43.1. The number of aryl methyl sites for hydroxylation is 1. The highest BCUT2D eigenvalue weighted by atomic mass is 32.2. The molecule has 375 valence electrons. The van der Waals surface area contributed by atoms with Gasteiger partial charge in [0, 0.05) is 88.1 Å². The summed E-state index contributed by atoms with van der Waals surface area (Å²) >= 11 is 2.03. The van der Waals surface area contributed by atoms with Gasteiger partial charge in [-0.15, -0.1) is 11.8 Å². The van der Waals surface area contributed by atoms with Crippen LogP contribution in [0, 0.1) is 46.1 Å². The molecule has 1 radical (unpaired) electrons. The number of benzene rings is 2. The van der Waals surface area contributed by atoms with Gasteiger partial charge < -0.3 is 19.7 Å². The number of rotatable bonds is 14. The van der Waals surface area contributed by atoms with E-state index in [1.807, 2.05) is 43.8 Å². The molecule has 0 bridgehead atoms. The average Bonchev–Trinajstić information content (AvgIpc) is 4.17. The number of amidine groups is 1. The fourth-order valence-corrected chi connectivity index (χ4v) is 14.4. The first-order chi connectivity index (χ1) is 33.7. The molecule has 7 heterocycles. The molecule has 3 aromatic rings. The maximum atomic E-state index is 13.7. The Bertz CT molecular complexity index is 2480. The molecule has 2 aromatic carbocycles. The number of nitriles is 1. The number of carbonyl (C=O) groups excluding carboxylic acids is 1. The predicted octanol–water partition coefficient (Wildman–Crippen LogP) is 8.94. The van der Waals surface area contributed by atoms with Crippen molar-refractivity contribution in [2.75, 3.05) is 44.2 Å². The third-order valence-corrected chi connectivity index (χ3v) is 17.9. The van der Waals surface area contributed by atoms with Crippen molar-refractivity contribution >= 4 is 35.2 Å². The Morgan fingerprint density at radius 1 is 1.06 bits per heavy atom. The molecule has 4 saturated heterocycles. The minimum absolute atomic E-state index is 0. The third kappa shape index (κ3) is 9.66. The van der Waals surface area contributed by atoms with Crippen LogP contribution in [0.15, 0.2) is 70.1 Å². The number of amides is 1. The van der Waals surface area contributed by atoms with Gasteiger partial charge in [-0.1, -0.05) is 93.0 Å². The summed E-state index contributed by atoms with van der Waals surface area (Å²) < 4.78 is 15.0. The van der Waals surface area contributed by atoms with Crippen molar-refractivity contribution in [1.82, 2.24) is 25.5 Å². The lowest BCUT2D eigenvalue weighted by Crippen LogP contribution is -2.74. The number of carbonyl (C=O) groups is 1. The number of ether oxygens (including phenoxy) is 2. The quantitative estimate of drug-likeness (QED) is 0.150. The van der Waals surface area contributed by atoms with Gasteiger partial charge in [0.15, 0.2) is 11.4 Å². The molecule has 5 fully saturated rings. The predicted molar refractivity (Wildman–Crippen MR) is 280 cm³/mol. The summed E-state index contributed by atoms with van der Waals surface area (Å²) in [4.78, 5) is 33.5. The smallest absolute Gasteiger partial charge is 0.349 e. The fraction of sp³-hybridized carbons (Fsp3) is 0.618. The van der Waals surface area contributed by atoms with E-state index in [2.05, 4.69) is 116 Å². The molecular formula is C55H77N11O3S+. The molecule has 70 heavy (non-hydrogen) atoms. The number of thioether (sulfide) groups is 1. The zero-order chi connectivity index (χ0) is 49.5. The molecule has 14 nitrogen and oxygen atoms in total. The Hall–Kier alpha value is -4.75. The van der Waals surface area contributed by atoms with E-state index in [0.717, 1.165) is 101 Å². The number of azo groups is 1. The minimum atomic E-state index is -0.332. The van der Waals surface area contributed by atoms with Gasteiger partial charge in [-0.25, -0.2) is 14.5 Å². The van der Waals surface area contributed by atoms with Crippen LogP contribution in [-0.2, 0) is 17.6 Å². The van der Waals surface area contributed by atoms with E-state index in [4.69, 9.17) is 29.5 Å². The number of aliphatic imine (C=N–C) groups is 1. The van der Waals surface area contributed by atoms with Crippen molar-refractivity contribution in [3.63, 3.8) is 0 Å². The second-order valence-corrected chi connectivity index (χ2v) is 23.1. The molecule has 7 atom stereocenters. The first-order valence-electron chi connectivity index (χ1n) is 26.1. The topological polar surface area (TPSA) is 156 Å². The normalized spacial score (nSPS) is 30.0. The van der Waals surface area contributed by atoms with E-state index >= 15 is 0 Å². The first-order valence-corrected chi connectivity index (χ1v) is 27.1. The lowest BCUT2D eigenvalue weighted by Gasteiger charge is -2.63. The van der Waals surface area contributed by atoms with E-state index < -0.39 is 0 Å². The van der Waals surface area contributed by atoms with Crippen molar-refractivity contribution in [3.8, 4) is 11.8 Å². The van der Waals surface area contributed by atoms with Crippen molar-refractivity contribution in [3.05, 3.63) is 88.8 Å². The maximum Gasteiger partial charge on any atom is 0.349 e. The van der Waals surface area contributed by atoms with Gasteiger partial charge in [0.25, 0.3) is 5.91 Å². The standard InChI is InChI=1S/C53H69N11O3S.C2H6.H2/c1-9-10-11-37-23-41(17-16-38(37)25-54)67-50-52(5,6)49(53(50,7)8)59-47(65)39-26-56-51(57-27-39)62-20-18-40(30-62)63-28-35(29-63)22-34-12-14-36(15-13-34)45-44-31(2)32(3)68-48(44)64-33(4)60-61-46(64)42(58-45)24-43-55-19-21-66-43;1-2;/h12-17,23,26-27,31-32,35,40,42-44,48-50,55H,9-11,18-22,24,28-30H2,1-8H3,(H,59,65);1-2H3;1H/q+1;;/t31?,32?,40?,42-,43?,44?,48?,49?,50?;;/m0../s1. The van der Waals surface area contributed by atoms with Crippen LogP contribution in [0.5, 0.6) is 5.75 Å². The lowest BCUT2D eigenvalue weighted by molar-refractivity contribution is -0.527. The van der Waals surface area contributed by atoms with Crippen LogP contribution in [-0.4, -0.2) is 117 Å². The number of aromatic nitrogens is 2. The molecule has 1 aliphatic carbocycles. The van der Waals surface area contributed by atoms with Crippen molar-refractivity contribution < 1.29 is 20.3 Å². The average molecular weight is 972 g/mol. The molecule has 15 heteroatoms. The number of hydrogen-bond acceptors (Lipinski definition) is 13. The summed E-state index contributed by atoms with van der Waals surface area (Å²) in [6.07, 6.45) is 9.94. The molecular weight excluding hydrogens is 895 g/mol. The monoisotopic (exact) mass is 972 g/mol. The van der Waals surface area contributed by atoms with Crippen LogP contribution >= 0.6 is 11.8 Å². The van der Waals surface area contributed by atoms with Gasteiger partial charge in [0.1, 0.15) is 18.1 Å². The summed E-state index contributed by atoms with van der Waals surface area (Å²) in [6, 6.07) is 17.6. The molecule has 0 spiro atoms. The van der Waals surface area contributed by atoms with E-state index in [1.165, 1.54) is 16.8 Å². The van der Waals surface area contributed by atoms with E-state index in [0.29, 0.717) is 40.2 Å². The van der Waals surface area contributed by atoms with E-state index in [9.17, 15) is 10.1 Å². The van der Waals surface area contributed by atoms with Gasteiger partial charge in [-0.3, -0.25) is 20.0 Å². The highest BCUT2D eigenvalue weighted by Crippen LogP contribution is 2.56. The van der Waals surface area contributed by atoms with Gasteiger partial charge in [0.05, 0.1) is 40.5 Å². The Morgan fingerprint density at radius 2 is 1.80 bits per heavy atom. The number of nitrogens with one attached hydrogen (secondary N) is 2. The number of unbranched alkanes of at least 4 members (excludes halogenated alkanes) is 1. The number of nitrogens with zero attached hydrogens (tertiary/aromatic N) is 9. The summed E-state index contributed by atoms with van der Waals surface area (Å²) in [5.74, 6) is 3.58. The van der Waals surface area contributed by atoms with Crippen LogP contribution < -0.4 is 20.3 Å². The number of likely N-dealkylation sites (tertiary alicyclic amines) is 1. The summed E-state index contributed by atoms with van der Waals surface area (Å²) in [6.45, 7) is 27.1. The van der Waals surface area contributed by atoms with Crippen molar-refractivity contribution in [2.24, 2.45) is 43.8 Å². The number of hydrogen-bond donors (Lipinski definition) is 2. The molecule has 6 aliphatic heterocycles. The van der Waals surface area contributed by atoms with Crippen LogP contribution in [0.2, 0.25) is 0 Å². The van der Waals surface area contributed by atoms with Gasteiger partial charge >= 0.3 is 12.0 Å². The Labute approximate surface area is 422 Å². The van der Waals surface area contributed by atoms with Crippen LogP contribution in [0.4, 0.5) is 5.95 Å². The second-order valence-electron chi connectivity index (χ2n) is 21.6. The Kier molecular flexibility index (Phi) is 14.9. The SMILES string of the molecule is CC.CCCCc1cc(OC2C(C)(C)C(NC(=O)c3cnc(N4CCC(N5CC(Cc6ccc(C7=N[C@@H](CC8NCCO8)C8=[N+]([C](C)N=N8)C8SC(C)C(C)C78)cc6)C5)C4)nc3)C2(C)C)ccc1C#N.[HH]. The van der Waals surface area contributed by atoms with Crippen molar-refractivity contribution in [2.45, 2.75) is 149 Å². The van der Waals surface area contributed by atoms with E-state index in [-0.39, 0.29) is 53.9 Å². The van der Waals surface area contributed by atoms with Crippen LogP contribution in [0.25, 0.3) is 0 Å². The summed E-state index contributed by atoms with van der Waals surface area (Å²) in [5.41, 5.74) is 5.30. The van der Waals surface area contributed by atoms with Gasteiger partial charge in [-0.05, 0) is 77.5 Å². The lowest BCUT2D eigenvalue weighted by atomic mass is 9.49. The second kappa shape index (κ2) is 20.8. The van der Waals surface area contributed by atoms with Gasteiger partial charge in [-0.2, -0.15) is 5.26 Å². The van der Waals surface area contributed by atoms with Crippen LogP contribution in [0.1, 0.15) is 129 Å². The Balaban J connectivity index is 0.00000223. The number of anilines is 1. The largest absolute Gasteiger partial charge is 0.489 e. The number of fused-ring (bicyclic) bond motifs is 2. The highest BCUT2D eigenvalue weighted by Gasteiger charge is 2.64.